The molecule has 0 spiro atoms. The lowest BCUT2D eigenvalue weighted by atomic mass is 10.2. The monoisotopic (exact) mass is 232 g/mol. The van der Waals surface area contributed by atoms with Gasteiger partial charge in [-0.3, -0.25) is 0 Å². The summed E-state index contributed by atoms with van der Waals surface area (Å²) in [4.78, 5) is 0. The highest BCUT2D eigenvalue weighted by Crippen LogP contribution is 2.45. The molecular formula is C11H20OS2. The molecule has 3 heteroatoms. The number of hydrogen-bond acceptors (Lipinski definition) is 3. The molecule has 0 atom stereocenters. The molecule has 1 nitrogen and oxygen atoms in total. The molecule has 1 saturated heterocycles. The molecule has 1 fully saturated rings. The van der Waals surface area contributed by atoms with Crippen LogP contribution in [0.4, 0.5) is 0 Å². The fourth-order valence-corrected chi connectivity index (χ4v) is 4.56. The molecule has 0 radical (unpaired) electrons. The van der Waals surface area contributed by atoms with Crippen LogP contribution >= 0.6 is 23.5 Å². The van der Waals surface area contributed by atoms with Crippen LogP contribution in [0.25, 0.3) is 0 Å². The first-order valence-electron chi connectivity index (χ1n) is 5.21. The van der Waals surface area contributed by atoms with Crippen molar-refractivity contribution in [2.75, 3.05) is 18.1 Å². The van der Waals surface area contributed by atoms with Gasteiger partial charge in [-0.15, -0.1) is 23.5 Å². The molecule has 0 unspecified atom stereocenters. The Balaban J connectivity index is 2.40. The minimum absolute atomic E-state index is 0.101. The fraction of sp³-hybridized carbons (Fsp3) is 0.818. The van der Waals surface area contributed by atoms with Gasteiger partial charge < -0.3 is 5.11 Å². The summed E-state index contributed by atoms with van der Waals surface area (Å²) < 4.78 is 0.101. The van der Waals surface area contributed by atoms with Crippen molar-refractivity contribution in [1.82, 2.24) is 0 Å². The lowest BCUT2D eigenvalue weighted by Crippen LogP contribution is -2.29. The Morgan fingerprint density at radius 1 is 1.36 bits per heavy atom. The fourth-order valence-electron chi connectivity index (χ4n) is 1.51. The normalized spacial score (nSPS) is 20.5. The highest BCUT2D eigenvalue weighted by molar-refractivity contribution is 8.18. The first-order chi connectivity index (χ1) is 6.68. The van der Waals surface area contributed by atoms with Crippen LogP contribution in [0.1, 0.15) is 33.1 Å². The zero-order chi connectivity index (χ0) is 10.4. The molecule has 0 aliphatic carbocycles. The molecule has 0 aromatic rings. The van der Waals surface area contributed by atoms with Gasteiger partial charge in [-0.2, -0.15) is 0 Å². The summed E-state index contributed by atoms with van der Waals surface area (Å²) in [6.45, 7) is 4.58. The predicted molar refractivity (Wildman–Crippen MR) is 68.0 cm³/mol. The Hall–Kier alpha value is 0.400. The van der Waals surface area contributed by atoms with Crippen molar-refractivity contribution in [1.29, 1.82) is 0 Å². The summed E-state index contributed by atoms with van der Waals surface area (Å²) in [6, 6.07) is 0. The SMILES string of the molecule is CC(C)=CCCC1(CO)SCCCS1. The summed E-state index contributed by atoms with van der Waals surface area (Å²) in [5.41, 5.74) is 1.38. The van der Waals surface area contributed by atoms with Crippen LogP contribution < -0.4 is 0 Å². The van der Waals surface area contributed by atoms with E-state index in [1.807, 2.05) is 23.5 Å². The summed E-state index contributed by atoms with van der Waals surface area (Å²) >= 11 is 3.89. The molecule has 0 aromatic heterocycles. The van der Waals surface area contributed by atoms with E-state index in [0.717, 1.165) is 12.8 Å². The van der Waals surface area contributed by atoms with Crippen molar-refractivity contribution in [2.45, 2.75) is 37.2 Å². The molecular weight excluding hydrogens is 212 g/mol. The topological polar surface area (TPSA) is 20.2 Å². The van der Waals surface area contributed by atoms with Gasteiger partial charge >= 0.3 is 0 Å². The van der Waals surface area contributed by atoms with E-state index in [9.17, 15) is 5.11 Å². The van der Waals surface area contributed by atoms with Crippen LogP contribution in [0.15, 0.2) is 11.6 Å². The van der Waals surface area contributed by atoms with E-state index in [2.05, 4.69) is 19.9 Å². The summed E-state index contributed by atoms with van der Waals surface area (Å²) in [7, 11) is 0. The summed E-state index contributed by atoms with van der Waals surface area (Å²) in [5.74, 6) is 2.42. The summed E-state index contributed by atoms with van der Waals surface area (Å²) in [6.07, 6.45) is 5.76. The zero-order valence-electron chi connectivity index (χ0n) is 9.08. The third-order valence-corrected chi connectivity index (χ3v) is 5.75. The Morgan fingerprint density at radius 3 is 2.50 bits per heavy atom. The van der Waals surface area contributed by atoms with Crippen LogP contribution in [-0.4, -0.2) is 27.3 Å². The molecule has 14 heavy (non-hydrogen) atoms. The Kier molecular flexibility index (Phi) is 5.42. The van der Waals surface area contributed by atoms with Crippen molar-refractivity contribution in [3.63, 3.8) is 0 Å². The van der Waals surface area contributed by atoms with Gasteiger partial charge in [0, 0.05) is 0 Å². The maximum absolute atomic E-state index is 9.44. The van der Waals surface area contributed by atoms with E-state index in [1.54, 1.807) is 0 Å². The zero-order valence-corrected chi connectivity index (χ0v) is 10.7. The first-order valence-corrected chi connectivity index (χ1v) is 7.18. The Labute approximate surface area is 95.7 Å². The predicted octanol–water partition coefficient (Wildman–Crippen LogP) is 3.29. The third-order valence-electron chi connectivity index (χ3n) is 2.34. The first kappa shape index (κ1) is 12.5. The molecule has 0 amide bonds. The van der Waals surface area contributed by atoms with Crippen LogP contribution in [0, 0.1) is 0 Å². The molecule has 0 saturated carbocycles. The number of allylic oxidation sites excluding steroid dienone is 2. The van der Waals surface area contributed by atoms with Crippen molar-refractivity contribution < 1.29 is 5.11 Å². The van der Waals surface area contributed by atoms with Gasteiger partial charge in [0.15, 0.2) is 0 Å². The Morgan fingerprint density at radius 2 is 2.00 bits per heavy atom. The number of aliphatic hydroxyl groups excluding tert-OH is 1. The second-order valence-corrected chi connectivity index (χ2v) is 7.15. The maximum Gasteiger partial charge on any atom is 0.0843 e. The van der Waals surface area contributed by atoms with E-state index < -0.39 is 0 Å². The van der Waals surface area contributed by atoms with E-state index in [1.165, 1.54) is 23.5 Å². The molecule has 1 aliphatic heterocycles. The van der Waals surface area contributed by atoms with Crippen LogP contribution in [0.2, 0.25) is 0 Å². The lowest BCUT2D eigenvalue weighted by molar-refractivity contribution is 0.279. The molecule has 1 N–H and O–H groups in total. The molecule has 1 heterocycles. The number of hydrogen-bond donors (Lipinski definition) is 1. The van der Waals surface area contributed by atoms with Crippen LogP contribution in [0.5, 0.6) is 0 Å². The van der Waals surface area contributed by atoms with Gasteiger partial charge in [-0.1, -0.05) is 11.6 Å². The second kappa shape index (κ2) is 6.09. The highest BCUT2D eigenvalue weighted by atomic mass is 32.2. The van der Waals surface area contributed by atoms with Gasteiger partial charge in [0.2, 0.25) is 0 Å². The quantitative estimate of drug-likeness (QED) is 0.751. The molecule has 1 aliphatic rings. The molecule has 0 aromatic carbocycles. The van der Waals surface area contributed by atoms with Crippen molar-refractivity contribution in [2.24, 2.45) is 0 Å². The van der Waals surface area contributed by atoms with Gasteiger partial charge in [-0.25, -0.2) is 0 Å². The van der Waals surface area contributed by atoms with E-state index in [4.69, 9.17) is 0 Å². The standard InChI is InChI=1S/C11H20OS2/c1-10(2)5-3-6-11(9-12)13-7-4-8-14-11/h5,12H,3-4,6-9H2,1-2H3. The van der Waals surface area contributed by atoms with Gasteiger partial charge in [0.05, 0.1) is 10.7 Å². The Bertz CT molecular complexity index is 191. The number of thioether (sulfide) groups is 2. The largest absolute Gasteiger partial charge is 0.394 e. The smallest absolute Gasteiger partial charge is 0.0843 e. The van der Waals surface area contributed by atoms with Crippen molar-refractivity contribution >= 4 is 23.5 Å². The molecule has 0 bridgehead atoms. The second-order valence-electron chi connectivity index (χ2n) is 3.94. The minimum Gasteiger partial charge on any atom is -0.394 e. The van der Waals surface area contributed by atoms with Gasteiger partial charge in [0.25, 0.3) is 0 Å². The van der Waals surface area contributed by atoms with E-state index in [0.29, 0.717) is 6.61 Å². The van der Waals surface area contributed by atoms with Gasteiger partial charge in [-0.05, 0) is 44.6 Å². The number of aliphatic hydroxyl groups is 1. The molecule has 82 valence electrons. The van der Waals surface area contributed by atoms with Crippen molar-refractivity contribution in [3.8, 4) is 0 Å². The van der Waals surface area contributed by atoms with Crippen LogP contribution in [-0.2, 0) is 0 Å². The van der Waals surface area contributed by atoms with E-state index >= 15 is 0 Å². The van der Waals surface area contributed by atoms with Crippen molar-refractivity contribution in [3.05, 3.63) is 11.6 Å². The average Bonchev–Trinajstić information content (AvgIpc) is 2.19. The lowest BCUT2D eigenvalue weighted by Gasteiger charge is -2.34. The van der Waals surface area contributed by atoms with Gasteiger partial charge in [0.1, 0.15) is 0 Å². The maximum atomic E-state index is 9.44. The van der Waals surface area contributed by atoms with Crippen LogP contribution in [0.3, 0.4) is 0 Å². The summed E-state index contributed by atoms with van der Waals surface area (Å²) in [5, 5.41) is 9.44. The third kappa shape index (κ3) is 3.87. The minimum atomic E-state index is 0.101. The average molecular weight is 232 g/mol. The molecule has 1 rings (SSSR count). The highest BCUT2D eigenvalue weighted by Gasteiger charge is 2.31. The number of rotatable bonds is 4. The van der Waals surface area contributed by atoms with E-state index in [-0.39, 0.29) is 4.08 Å².